The number of amides is 1. The minimum Gasteiger partial charge on any atom is -0.381 e. The molecule has 108 valence electrons. The highest BCUT2D eigenvalue weighted by Crippen LogP contribution is 2.29. The molecule has 0 saturated heterocycles. The second-order valence-electron chi connectivity index (χ2n) is 5.76. The van der Waals surface area contributed by atoms with Gasteiger partial charge in [0.25, 0.3) is 5.91 Å². The summed E-state index contributed by atoms with van der Waals surface area (Å²) in [5.41, 5.74) is 0.630. The average molecular weight is 275 g/mol. The van der Waals surface area contributed by atoms with Crippen LogP contribution in [0.4, 0.5) is 5.82 Å². The van der Waals surface area contributed by atoms with Gasteiger partial charge in [0, 0.05) is 25.9 Å². The quantitative estimate of drug-likeness (QED) is 0.831. The van der Waals surface area contributed by atoms with Crippen LogP contribution in [0.15, 0.2) is 18.3 Å². The molecule has 0 atom stereocenters. The van der Waals surface area contributed by atoms with Crippen molar-refractivity contribution in [2.45, 2.75) is 37.8 Å². The molecule has 0 spiro atoms. The number of aromatic nitrogens is 1. The molecule has 20 heavy (non-hydrogen) atoms. The van der Waals surface area contributed by atoms with Crippen LogP contribution in [0, 0.1) is 5.92 Å². The SMILES string of the molecule is COC1CC(CNc2ccc(C(=O)NC3CC3)cn2)C1. The van der Waals surface area contributed by atoms with E-state index < -0.39 is 0 Å². The average Bonchev–Trinajstić information content (AvgIpc) is 3.22. The fraction of sp³-hybridized carbons (Fsp3) is 0.600. The van der Waals surface area contributed by atoms with Crippen LogP contribution < -0.4 is 10.6 Å². The fourth-order valence-corrected chi connectivity index (χ4v) is 2.41. The molecule has 1 heterocycles. The van der Waals surface area contributed by atoms with Gasteiger partial charge in [-0.1, -0.05) is 0 Å². The Morgan fingerprint density at radius 1 is 1.40 bits per heavy atom. The van der Waals surface area contributed by atoms with Gasteiger partial charge < -0.3 is 15.4 Å². The van der Waals surface area contributed by atoms with Gasteiger partial charge in [0.2, 0.25) is 0 Å². The zero-order valence-electron chi connectivity index (χ0n) is 11.8. The first-order valence-electron chi connectivity index (χ1n) is 7.28. The molecule has 2 N–H and O–H groups in total. The van der Waals surface area contributed by atoms with Crippen LogP contribution in [0.1, 0.15) is 36.0 Å². The van der Waals surface area contributed by atoms with Gasteiger partial charge in [0.1, 0.15) is 5.82 Å². The summed E-state index contributed by atoms with van der Waals surface area (Å²) >= 11 is 0. The Kier molecular flexibility index (Phi) is 3.87. The van der Waals surface area contributed by atoms with Crippen LogP contribution in [0.2, 0.25) is 0 Å². The van der Waals surface area contributed by atoms with Gasteiger partial charge in [-0.05, 0) is 43.7 Å². The highest BCUT2D eigenvalue weighted by Gasteiger charge is 2.28. The van der Waals surface area contributed by atoms with Gasteiger partial charge in [0.05, 0.1) is 11.7 Å². The Labute approximate surface area is 119 Å². The monoisotopic (exact) mass is 275 g/mol. The largest absolute Gasteiger partial charge is 0.381 e. The minimum atomic E-state index is -0.0199. The van der Waals surface area contributed by atoms with Gasteiger partial charge >= 0.3 is 0 Å². The lowest BCUT2D eigenvalue weighted by atomic mass is 9.82. The molecule has 1 amide bonds. The summed E-state index contributed by atoms with van der Waals surface area (Å²) < 4.78 is 5.26. The first-order chi connectivity index (χ1) is 9.74. The fourth-order valence-electron chi connectivity index (χ4n) is 2.41. The lowest BCUT2D eigenvalue weighted by Gasteiger charge is -2.34. The van der Waals surface area contributed by atoms with E-state index in [1.807, 2.05) is 12.1 Å². The van der Waals surface area contributed by atoms with E-state index >= 15 is 0 Å². The third-order valence-electron chi connectivity index (χ3n) is 4.04. The summed E-state index contributed by atoms with van der Waals surface area (Å²) in [5.74, 6) is 1.47. The van der Waals surface area contributed by atoms with E-state index in [4.69, 9.17) is 4.74 Å². The molecule has 5 nitrogen and oxygen atoms in total. The predicted octanol–water partition coefficient (Wildman–Crippen LogP) is 1.81. The molecule has 0 unspecified atom stereocenters. The zero-order valence-corrected chi connectivity index (χ0v) is 11.8. The third-order valence-corrected chi connectivity index (χ3v) is 4.04. The van der Waals surface area contributed by atoms with Crippen molar-refractivity contribution in [2.24, 2.45) is 5.92 Å². The van der Waals surface area contributed by atoms with Crippen molar-refractivity contribution in [3.05, 3.63) is 23.9 Å². The molecule has 1 aromatic rings. The normalized spacial score (nSPS) is 24.9. The number of methoxy groups -OCH3 is 1. The summed E-state index contributed by atoms with van der Waals surface area (Å²) in [7, 11) is 1.77. The van der Waals surface area contributed by atoms with Crippen molar-refractivity contribution < 1.29 is 9.53 Å². The standard InChI is InChI=1S/C15H21N3O2/c1-20-13-6-10(7-13)8-16-14-5-2-11(9-17-14)15(19)18-12-3-4-12/h2,5,9-10,12-13H,3-4,6-8H2,1H3,(H,16,17)(H,18,19). The Bertz CT molecular complexity index is 465. The molecular formula is C15H21N3O2. The molecule has 2 aliphatic carbocycles. The molecule has 1 aromatic heterocycles. The van der Waals surface area contributed by atoms with Crippen molar-refractivity contribution >= 4 is 11.7 Å². The molecular weight excluding hydrogens is 254 g/mol. The number of ether oxygens (including phenoxy) is 1. The molecule has 2 saturated carbocycles. The topological polar surface area (TPSA) is 63.2 Å². The Hall–Kier alpha value is -1.62. The summed E-state index contributed by atoms with van der Waals surface area (Å²) in [4.78, 5) is 16.1. The Morgan fingerprint density at radius 2 is 2.20 bits per heavy atom. The molecule has 0 radical (unpaired) electrons. The summed E-state index contributed by atoms with van der Waals surface area (Å²) in [6, 6.07) is 4.08. The number of nitrogens with one attached hydrogen (secondary N) is 2. The van der Waals surface area contributed by atoms with Crippen LogP contribution in [0.25, 0.3) is 0 Å². The van der Waals surface area contributed by atoms with Crippen LogP contribution in [0.5, 0.6) is 0 Å². The second-order valence-corrected chi connectivity index (χ2v) is 5.76. The highest BCUT2D eigenvalue weighted by atomic mass is 16.5. The number of anilines is 1. The van der Waals surface area contributed by atoms with Crippen molar-refractivity contribution in [3.63, 3.8) is 0 Å². The maximum absolute atomic E-state index is 11.8. The van der Waals surface area contributed by atoms with E-state index in [9.17, 15) is 4.79 Å². The van der Waals surface area contributed by atoms with E-state index in [-0.39, 0.29) is 5.91 Å². The molecule has 2 aliphatic rings. The molecule has 0 bridgehead atoms. The lowest BCUT2D eigenvalue weighted by Crippen LogP contribution is -2.34. The number of hydrogen-bond acceptors (Lipinski definition) is 4. The number of nitrogens with zero attached hydrogens (tertiary/aromatic N) is 1. The summed E-state index contributed by atoms with van der Waals surface area (Å²) in [6.45, 7) is 0.917. The van der Waals surface area contributed by atoms with Crippen LogP contribution in [0.3, 0.4) is 0 Å². The van der Waals surface area contributed by atoms with E-state index in [2.05, 4.69) is 15.6 Å². The maximum Gasteiger partial charge on any atom is 0.253 e. The number of carbonyl (C=O) groups is 1. The van der Waals surface area contributed by atoms with Crippen LogP contribution in [-0.2, 0) is 4.74 Å². The summed E-state index contributed by atoms with van der Waals surface area (Å²) in [5, 5.41) is 6.27. The molecule has 5 heteroatoms. The Balaban J connectivity index is 1.45. The van der Waals surface area contributed by atoms with E-state index in [0.29, 0.717) is 23.6 Å². The molecule has 0 aliphatic heterocycles. The van der Waals surface area contributed by atoms with Crippen LogP contribution >= 0.6 is 0 Å². The smallest absolute Gasteiger partial charge is 0.253 e. The van der Waals surface area contributed by atoms with Crippen molar-refractivity contribution in [1.82, 2.24) is 10.3 Å². The number of rotatable bonds is 6. The van der Waals surface area contributed by atoms with E-state index in [1.165, 1.54) is 0 Å². The highest BCUT2D eigenvalue weighted by molar-refractivity contribution is 5.94. The van der Waals surface area contributed by atoms with E-state index in [0.717, 1.165) is 38.0 Å². The minimum absolute atomic E-state index is 0.0199. The first-order valence-corrected chi connectivity index (χ1v) is 7.28. The van der Waals surface area contributed by atoms with Crippen LogP contribution in [-0.4, -0.2) is 36.7 Å². The van der Waals surface area contributed by atoms with Gasteiger partial charge in [-0.2, -0.15) is 0 Å². The summed E-state index contributed by atoms with van der Waals surface area (Å²) in [6.07, 6.45) is 6.50. The molecule has 3 rings (SSSR count). The van der Waals surface area contributed by atoms with Crippen molar-refractivity contribution in [3.8, 4) is 0 Å². The third kappa shape index (κ3) is 3.28. The number of carbonyl (C=O) groups excluding carboxylic acids is 1. The van der Waals surface area contributed by atoms with Gasteiger partial charge in [-0.25, -0.2) is 4.98 Å². The number of hydrogen-bond donors (Lipinski definition) is 2. The van der Waals surface area contributed by atoms with Crippen molar-refractivity contribution in [1.29, 1.82) is 0 Å². The lowest BCUT2D eigenvalue weighted by molar-refractivity contribution is 0.00561. The Morgan fingerprint density at radius 3 is 2.80 bits per heavy atom. The van der Waals surface area contributed by atoms with Crippen molar-refractivity contribution in [2.75, 3.05) is 19.0 Å². The first kappa shape index (κ1) is 13.4. The van der Waals surface area contributed by atoms with Gasteiger partial charge in [-0.3, -0.25) is 4.79 Å². The second kappa shape index (κ2) is 5.79. The predicted molar refractivity (Wildman–Crippen MR) is 76.7 cm³/mol. The maximum atomic E-state index is 11.8. The number of pyridine rings is 1. The van der Waals surface area contributed by atoms with Gasteiger partial charge in [0.15, 0.2) is 0 Å². The molecule has 0 aromatic carbocycles. The molecule has 2 fully saturated rings. The zero-order chi connectivity index (χ0) is 13.9. The van der Waals surface area contributed by atoms with E-state index in [1.54, 1.807) is 13.3 Å². The van der Waals surface area contributed by atoms with Gasteiger partial charge in [-0.15, -0.1) is 0 Å².